The minimum Gasteiger partial charge on any atom is -0.464 e. The van der Waals surface area contributed by atoms with E-state index in [1.807, 2.05) is 69.3 Å². The summed E-state index contributed by atoms with van der Waals surface area (Å²) in [6.07, 6.45) is 3.09. The van der Waals surface area contributed by atoms with E-state index in [0.717, 1.165) is 28.7 Å². The van der Waals surface area contributed by atoms with E-state index in [0.29, 0.717) is 37.9 Å². The third-order valence-electron chi connectivity index (χ3n) is 8.49. The van der Waals surface area contributed by atoms with Crippen LogP contribution in [0.4, 0.5) is 0 Å². The van der Waals surface area contributed by atoms with Crippen molar-refractivity contribution in [2.45, 2.75) is 104 Å². The number of ether oxygens (including phenoxy) is 1. The van der Waals surface area contributed by atoms with Crippen molar-refractivity contribution >= 4 is 23.7 Å². The van der Waals surface area contributed by atoms with Gasteiger partial charge in [-0.3, -0.25) is 14.6 Å². The Morgan fingerprint density at radius 1 is 1.00 bits per heavy atom. The van der Waals surface area contributed by atoms with Gasteiger partial charge in [0.25, 0.3) is 5.09 Å². The number of aliphatic imine (C=N–C) groups is 1. The monoisotopic (exact) mass is 736 g/mol. The first kappa shape index (κ1) is 41.8. The molecule has 3 rings (SSSR count). The number of unbranched alkanes of at least 4 members (excludes halogenated alkanes) is 2. The maximum atomic E-state index is 14.1. The molecule has 17 heteroatoms. The number of carbonyl (C=O) groups excluding carboxylic acids is 3. The fraction of sp³-hybridized carbons (Fsp3) is 0.528. The Balaban J connectivity index is 1.79. The molecule has 0 aliphatic rings. The van der Waals surface area contributed by atoms with Gasteiger partial charge >= 0.3 is 5.97 Å². The van der Waals surface area contributed by atoms with Crippen molar-refractivity contribution in [3.8, 4) is 22.5 Å². The van der Waals surface area contributed by atoms with Gasteiger partial charge < -0.3 is 31.3 Å². The lowest BCUT2D eigenvalue weighted by molar-refractivity contribution is -0.767. The van der Waals surface area contributed by atoms with Crippen LogP contribution in [0.5, 0.6) is 0 Å². The SMILES string of the molecule is CCCCC(=O)N(Cc1ccc(-c2ccccc2-c2nn[nH]n2)cc1)C(C(=O)NC(CCCN=C(N)N)C(=O)OCCCCC(C)O[N+](=O)[O-])C(C)C. The Labute approximate surface area is 309 Å². The van der Waals surface area contributed by atoms with Crippen molar-refractivity contribution in [2.75, 3.05) is 13.2 Å². The molecule has 0 spiro atoms. The summed E-state index contributed by atoms with van der Waals surface area (Å²) in [7, 11) is 0. The van der Waals surface area contributed by atoms with Crippen LogP contribution in [0.25, 0.3) is 22.5 Å². The number of H-pyrrole nitrogens is 1. The lowest BCUT2D eigenvalue weighted by atomic mass is 9.97. The van der Waals surface area contributed by atoms with Crippen LogP contribution in [0.2, 0.25) is 0 Å². The topological polar surface area (TPSA) is 247 Å². The van der Waals surface area contributed by atoms with Crippen LogP contribution in [0.3, 0.4) is 0 Å². The second-order valence-corrected chi connectivity index (χ2v) is 13.1. The predicted octanol–water partition coefficient (Wildman–Crippen LogP) is 3.93. The number of aromatic amines is 1. The molecule has 3 atom stereocenters. The highest BCUT2D eigenvalue weighted by Gasteiger charge is 2.35. The Morgan fingerprint density at radius 3 is 2.34 bits per heavy atom. The number of amides is 2. The summed E-state index contributed by atoms with van der Waals surface area (Å²) in [4.78, 5) is 61.8. The van der Waals surface area contributed by atoms with Gasteiger partial charge in [-0.25, -0.2) is 4.79 Å². The fourth-order valence-electron chi connectivity index (χ4n) is 5.83. The number of nitrogens with zero attached hydrogens (tertiary/aromatic N) is 6. The Kier molecular flexibility index (Phi) is 17.1. The van der Waals surface area contributed by atoms with Crippen LogP contribution < -0.4 is 16.8 Å². The van der Waals surface area contributed by atoms with Crippen LogP contribution >= 0.6 is 0 Å². The zero-order valence-corrected chi connectivity index (χ0v) is 30.9. The summed E-state index contributed by atoms with van der Waals surface area (Å²) in [6.45, 7) is 7.76. The number of hydrogen-bond donors (Lipinski definition) is 4. The van der Waals surface area contributed by atoms with Gasteiger partial charge in [0.05, 0.1) is 6.61 Å². The number of esters is 1. The largest absolute Gasteiger partial charge is 0.464 e. The molecule has 3 unspecified atom stereocenters. The zero-order chi connectivity index (χ0) is 38.8. The van der Waals surface area contributed by atoms with E-state index < -0.39 is 35.2 Å². The van der Waals surface area contributed by atoms with Crippen LogP contribution in [-0.4, -0.2) is 85.7 Å². The van der Waals surface area contributed by atoms with Crippen LogP contribution in [0, 0.1) is 16.0 Å². The first-order chi connectivity index (χ1) is 25.4. The molecule has 0 bridgehead atoms. The van der Waals surface area contributed by atoms with Crippen LogP contribution in [0.15, 0.2) is 53.5 Å². The molecule has 0 saturated carbocycles. The third kappa shape index (κ3) is 13.8. The number of benzene rings is 2. The number of hydrogen-bond acceptors (Lipinski definition) is 11. The van der Waals surface area contributed by atoms with Gasteiger partial charge in [-0.1, -0.05) is 75.7 Å². The molecule has 2 amide bonds. The molecule has 3 aromatic rings. The average molecular weight is 737 g/mol. The summed E-state index contributed by atoms with van der Waals surface area (Å²) in [6, 6.07) is 13.5. The molecule has 0 radical (unpaired) electrons. The first-order valence-corrected chi connectivity index (χ1v) is 18.0. The number of rotatable bonds is 23. The summed E-state index contributed by atoms with van der Waals surface area (Å²) in [5.41, 5.74) is 14.4. The maximum absolute atomic E-state index is 14.1. The molecule has 17 nitrogen and oxygen atoms in total. The normalized spacial score (nSPS) is 12.7. The summed E-state index contributed by atoms with van der Waals surface area (Å²) < 4.78 is 5.52. The van der Waals surface area contributed by atoms with Crippen molar-refractivity contribution in [2.24, 2.45) is 22.4 Å². The van der Waals surface area contributed by atoms with Crippen molar-refractivity contribution in [3.05, 3.63) is 64.2 Å². The van der Waals surface area contributed by atoms with Gasteiger partial charge in [0.15, 0.2) is 5.96 Å². The number of aromatic nitrogens is 4. The Bertz CT molecular complexity index is 1630. The van der Waals surface area contributed by atoms with Crippen molar-refractivity contribution < 1.29 is 29.0 Å². The van der Waals surface area contributed by atoms with Gasteiger partial charge in [0.2, 0.25) is 17.6 Å². The molecule has 1 heterocycles. The van der Waals surface area contributed by atoms with E-state index in [9.17, 15) is 24.5 Å². The van der Waals surface area contributed by atoms with E-state index in [2.05, 4.69) is 35.8 Å². The smallest absolute Gasteiger partial charge is 0.328 e. The van der Waals surface area contributed by atoms with Gasteiger partial charge in [-0.2, -0.15) is 5.21 Å². The van der Waals surface area contributed by atoms with E-state index in [1.165, 1.54) is 0 Å². The lowest BCUT2D eigenvalue weighted by Gasteiger charge is -2.34. The van der Waals surface area contributed by atoms with E-state index in [1.54, 1.807) is 11.8 Å². The van der Waals surface area contributed by atoms with E-state index >= 15 is 0 Å². The number of tetrazole rings is 1. The minimum atomic E-state index is -1.03. The second-order valence-electron chi connectivity index (χ2n) is 13.1. The molecule has 0 fully saturated rings. The number of nitrogens with one attached hydrogen (secondary N) is 2. The number of nitrogens with two attached hydrogens (primary N) is 2. The lowest BCUT2D eigenvalue weighted by Crippen LogP contribution is -2.55. The standard InChI is InChI=1S/C36H52N10O7/c1-5-6-16-31(47)45(23-26-17-19-27(20-18-26)28-13-7-8-14-29(28)33-41-43-44-42-33)32(24(2)3)34(48)40-30(15-11-21-39-36(37)38)35(49)52-22-10-9-12-25(4)53-46(50)51/h7-8,13-14,17-20,24-25,30,32H,5-6,9-12,15-16,21-23H2,1-4H3,(H,40,48)(H4,37,38,39)(H,41,42,43,44). The molecule has 0 aliphatic carbocycles. The third-order valence-corrected chi connectivity index (χ3v) is 8.49. The van der Waals surface area contributed by atoms with Gasteiger partial charge in [0, 0.05) is 25.1 Å². The first-order valence-electron chi connectivity index (χ1n) is 18.0. The molecule has 2 aromatic carbocycles. The second kappa shape index (κ2) is 21.7. The Morgan fingerprint density at radius 2 is 1.72 bits per heavy atom. The average Bonchev–Trinajstić information content (AvgIpc) is 3.66. The van der Waals surface area contributed by atoms with Gasteiger partial charge in [-0.15, -0.1) is 20.3 Å². The van der Waals surface area contributed by atoms with Gasteiger partial charge in [0.1, 0.15) is 18.2 Å². The maximum Gasteiger partial charge on any atom is 0.328 e. The van der Waals surface area contributed by atoms with Crippen LogP contribution in [-0.2, 0) is 30.5 Å². The molecule has 0 saturated heterocycles. The van der Waals surface area contributed by atoms with Crippen molar-refractivity contribution in [3.63, 3.8) is 0 Å². The van der Waals surface area contributed by atoms with E-state index in [4.69, 9.17) is 16.2 Å². The summed E-state index contributed by atoms with van der Waals surface area (Å²) in [5, 5.41) is 27.0. The quantitative estimate of drug-likeness (QED) is 0.0270. The molecular formula is C36H52N10O7. The molecule has 6 N–H and O–H groups in total. The van der Waals surface area contributed by atoms with Crippen LogP contribution in [0.1, 0.15) is 84.6 Å². The molecule has 288 valence electrons. The van der Waals surface area contributed by atoms with Crippen molar-refractivity contribution in [1.29, 1.82) is 0 Å². The Hall–Kier alpha value is -5.61. The van der Waals surface area contributed by atoms with Crippen molar-refractivity contribution in [1.82, 2.24) is 30.8 Å². The highest BCUT2D eigenvalue weighted by Crippen LogP contribution is 2.30. The molecule has 1 aromatic heterocycles. The fourth-order valence-corrected chi connectivity index (χ4v) is 5.83. The predicted molar refractivity (Wildman–Crippen MR) is 198 cm³/mol. The summed E-state index contributed by atoms with van der Waals surface area (Å²) in [5.74, 6) is -1.21. The number of guanidine groups is 1. The van der Waals surface area contributed by atoms with E-state index in [-0.39, 0.29) is 50.3 Å². The molecule has 53 heavy (non-hydrogen) atoms. The zero-order valence-electron chi connectivity index (χ0n) is 30.9. The van der Waals surface area contributed by atoms with Gasteiger partial charge in [-0.05, 0) is 73.3 Å². The number of carbonyl (C=O) groups is 3. The molecular weight excluding hydrogens is 684 g/mol. The minimum absolute atomic E-state index is 0.0507. The highest BCUT2D eigenvalue weighted by molar-refractivity contribution is 5.91. The highest BCUT2D eigenvalue weighted by atomic mass is 17.0. The molecule has 0 aliphatic heterocycles. The summed E-state index contributed by atoms with van der Waals surface area (Å²) >= 11 is 0.